The first-order chi connectivity index (χ1) is 12.5. The first-order valence-electron chi connectivity index (χ1n) is 9.47. The lowest BCUT2D eigenvalue weighted by molar-refractivity contribution is 0.104. The summed E-state index contributed by atoms with van der Waals surface area (Å²) in [4.78, 5) is 4.71. The van der Waals surface area contributed by atoms with Crippen LogP contribution in [-0.4, -0.2) is 62.7 Å². The van der Waals surface area contributed by atoms with Crippen molar-refractivity contribution in [3.63, 3.8) is 0 Å². The van der Waals surface area contributed by atoms with Gasteiger partial charge in [0.25, 0.3) is 0 Å². The van der Waals surface area contributed by atoms with Gasteiger partial charge in [-0.05, 0) is 43.3 Å². The van der Waals surface area contributed by atoms with Gasteiger partial charge in [0, 0.05) is 31.7 Å². The molecule has 7 heteroatoms. The highest BCUT2D eigenvalue weighted by Gasteiger charge is 2.35. The van der Waals surface area contributed by atoms with E-state index in [1.807, 2.05) is 16.8 Å². The number of hydrogen-bond donors (Lipinski definition) is 0. The van der Waals surface area contributed by atoms with Gasteiger partial charge in [0.15, 0.2) is 5.82 Å². The average Bonchev–Trinajstić information content (AvgIpc) is 3.14. The SMILES string of the molecule is CCN1CCN(C(c2ccccc2F)c2nnnn2C(C)(C)CC)CC1. The molecule has 26 heavy (non-hydrogen) atoms. The molecule has 1 aromatic carbocycles. The maximum atomic E-state index is 14.7. The molecule has 142 valence electrons. The number of halogens is 1. The monoisotopic (exact) mass is 360 g/mol. The summed E-state index contributed by atoms with van der Waals surface area (Å²) in [5, 5.41) is 12.5. The van der Waals surface area contributed by atoms with Gasteiger partial charge in [0.05, 0.1) is 5.54 Å². The lowest BCUT2D eigenvalue weighted by Gasteiger charge is -2.39. The van der Waals surface area contributed by atoms with Crippen LogP contribution in [0.5, 0.6) is 0 Å². The van der Waals surface area contributed by atoms with Crippen molar-refractivity contribution >= 4 is 0 Å². The van der Waals surface area contributed by atoms with Crippen molar-refractivity contribution in [2.45, 2.75) is 45.7 Å². The average molecular weight is 360 g/mol. The number of piperazine rings is 1. The Labute approximate surface area is 155 Å². The molecule has 1 atom stereocenters. The summed E-state index contributed by atoms with van der Waals surface area (Å²) in [5.41, 5.74) is 0.411. The maximum absolute atomic E-state index is 14.7. The smallest absolute Gasteiger partial charge is 0.173 e. The zero-order valence-corrected chi connectivity index (χ0v) is 16.2. The maximum Gasteiger partial charge on any atom is 0.173 e. The highest BCUT2D eigenvalue weighted by Crippen LogP contribution is 2.32. The molecule has 1 aliphatic rings. The summed E-state index contributed by atoms with van der Waals surface area (Å²) < 4.78 is 16.6. The van der Waals surface area contributed by atoms with E-state index in [0.717, 1.165) is 39.1 Å². The number of nitrogens with zero attached hydrogens (tertiary/aromatic N) is 6. The van der Waals surface area contributed by atoms with Crippen molar-refractivity contribution < 1.29 is 4.39 Å². The van der Waals surface area contributed by atoms with Crippen molar-refractivity contribution in [3.8, 4) is 0 Å². The molecule has 0 saturated carbocycles. The minimum Gasteiger partial charge on any atom is -0.301 e. The second kappa shape index (κ2) is 7.80. The van der Waals surface area contributed by atoms with Crippen LogP contribution in [0, 0.1) is 5.82 Å². The standard InChI is InChI=1S/C19H29FN6/c1-5-19(3,4)26-18(21-22-23-26)17(15-9-7-8-10-16(15)20)25-13-11-24(6-2)12-14-25/h7-10,17H,5-6,11-14H2,1-4H3. The summed E-state index contributed by atoms with van der Waals surface area (Å²) in [6.45, 7) is 13.2. The van der Waals surface area contributed by atoms with E-state index in [1.165, 1.54) is 6.07 Å². The summed E-state index contributed by atoms with van der Waals surface area (Å²) in [6.07, 6.45) is 0.888. The van der Waals surface area contributed by atoms with Gasteiger partial charge in [-0.2, -0.15) is 0 Å². The minimum absolute atomic E-state index is 0.209. The molecule has 0 bridgehead atoms. The fourth-order valence-corrected chi connectivity index (χ4v) is 3.48. The molecule has 0 N–H and O–H groups in total. The first kappa shape index (κ1) is 18.9. The number of likely N-dealkylation sites (N-methyl/N-ethyl adjacent to an activating group) is 1. The molecule has 2 heterocycles. The zero-order chi connectivity index (χ0) is 18.7. The van der Waals surface area contributed by atoms with Gasteiger partial charge >= 0.3 is 0 Å². The van der Waals surface area contributed by atoms with Gasteiger partial charge in [-0.25, -0.2) is 9.07 Å². The van der Waals surface area contributed by atoms with E-state index in [2.05, 4.69) is 53.0 Å². The van der Waals surface area contributed by atoms with Crippen LogP contribution in [0.25, 0.3) is 0 Å². The second-order valence-electron chi connectivity index (χ2n) is 7.51. The van der Waals surface area contributed by atoms with E-state index in [4.69, 9.17) is 0 Å². The van der Waals surface area contributed by atoms with E-state index >= 15 is 0 Å². The third-order valence-electron chi connectivity index (χ3n) is 5.60. The van der Waals surface area contributed by atoms with Crippen molar-refractivity contribution in [2.24, 2.45) is 0 Å². The first-order valence-corrected chi connectivity index (χ1v) is 9.47. The number of benzene rings is 1. The van der Waals surface area contributed by atoms with Gasteiger partial charge in [-0.15, -0.1) is 5.10 Å². The Bertz CT molecular complexity index is 720. The van der Waals surface area contributed by atoms with Gasteiger partial charge in [0.1, 0.15) is 11.9 Å². The quantitative estimate of drug-likeness (QED) is 0.793. The molecule has 1 fully saturated rings. The highest BCUT2D eigenvalue weighted by atomic mass is 19.1. The van der Waals surface area contributed by atoms with Gasteiger partial charge in [-0.1, -0.05) is 32.0 Å². The van der Waals surface area contributed by atoms with Crippen molar-refractivity contribution in [3.05, 3.63) is 41.5 Å². The zero-order valence-electron chi connectivity index (χ0n) is 16.2. The van der Waals surface area contributed by atoms with Crippen LogP contribution < -0.4 is 0 Å². The largest absolute Gasteiger partial charge is 0.301 e. The van der Waals surface area contributed by atoms with Crippen LogP contribution >= 0.6 is 0 Å². The van der Waals surface area contributed by atoms with Crippen molar-refractivity contribution in [2.75, 3.05) is 32.7 Å². The molecule has 0 amide bonds. The molecule has 6 nitrogen and oxygen atoms in total. The Morgan fingerprint density at radius 2 is 1.81 bits per heavy atom. The van der Waals surface area contributed by atoms with Crippen LogP contribution in [0.3, 0.4) is 0 Å². The van der Waals surface area contributed by atoms with E-state index in [9.17, 15) is 4.39 Å². The number of aromatic nitrogens is 4. The predicted octanol–water partition coefficient (Wildman–Crippen LogP) is 2.68. The lowest BCUT2D eigenvalue weighted by atomic mass is 9.98. The predicted molar refractivity (Wildman–Crippen MR) is 99.4 cm³/mol. The number of tetrazole rings is 1. The Balaban J connectivity index is 2.03. The van der Waals surface area contributed by atoms with E-state index in [-0.39, 0.29) is 17.4 Å². The second-order valence-corrected chi connectivity index (χ2v) is 7.51. The van der Waals surface area contributed by atoms with Crippen LogP contribution in [0.1, 0.15) is 51.5 Å². The molecule has 2 aromatic rings. The summed E-state index contributed by atoms with van der Waals surface area (Å²) in [6, 6.07) is 6.70. The van der Waals surface area contributed by atoms with Crippen LogP contribution in [0.2, 0.25) is 0 Å². The molecule has 1 saturated heterocycles. The van der Waals surface area contributed by atoms with Crippen molar-refractivity contribution in [1.82, 2.24) is 30.0 Å². The Morgan fingerprint density at radius 1 is 1.12 bits per heavy atom. The molecule has 1 aliphatic heterocycles. The molecule has 1 aromatic heterocycles. The fourth-order valence-electron chi connectivity index (χ4n) is 3.48. The third-order valence-corrected chi connectivity index (χ3v) is 5.60. The molecule has 0 aliphatic carbocycles. The number of rotatable bonds is 6. The van der Waals surface area contributed by atoms with Gasteiger partial charge in [-0.3, -0.25) is 4.90 Å². The topological polar surface area (TPSA) is 50.1 Å². The third kappa shape index (κ3) is 3.64. The van der Waals surface area contributed by atoms with Crippen LogP contribution in [-0.2, 0) is 5.54 Å². The van der Waals surface area contributed by atoms with Crippen molar-refractivity contribution in [1.29, 1.82) is 0 Å². The molecular weight excluding hydrogens is 331 g/mol. The van der Waals surface area contributed by atoms with Gasteiger partial charge < -0.3 is 4.90 Å². The molecule has 0 spiro atoms. The Kier molecular flexibility index (Phi) is 5.67. The summed E-state index contributed by atoms with van der Waals surface area (Å²) >= 11 is 0. The highest BCUT2D eigenvalue weighted by molar-refractivity contribution is 5.27. The number of hydrogen-bond acceptors (Lipinski definition) is 5. The molecule has 3 rings (SSSR count). The molecule has 1 unspecified atom stereocenters. The van der Waals surface area contributed by atoms with Crippen LogP contribution in [0.4, 0.5) is 4.39 Å². The van der Waals surface area contributed by atoms with E-state index in [1.54, 1.807) is 6.07 Å². The Hall–Kier alpha value is -1.86. The summed E-state index contributed by atoms with van der Waals surface area (Å²) in [5.74, 6) is 0.506. The van der Waals surface area contributed by atoms with Gasteiger partial charge in [0.2, 0.25) is 0 Å². The normalized spacial score (nSPS) is 18.2. The van der Waals surface area contributed by atoms with Crippen LogP contribution in [0.15, 0.2) is 24.3 Å². The molecular formula is C19H29FN6. The van der Waals surface area contributed by atoms with E-state index < -0.39 is 0 Å². The lowest BCUT2D eigenvalue weighted by Crippen LogP contribution is -2.48. The molecule has 0 radical (unpaired) electrons. The fraction of sp³-hybridized carbons (Fsp3) is 0.632. The Morgan fingerprint density at radius 3 is 2.42 bits per heavy atom. The summed E-state index contributed by atoms with van der Waals surface area (Å²) in [7, 11) is 0. The van der Waals surface area contributed by atoms with E-state index in [0.29, 0.717) is 11.4 Å². The minimum atomic E-state index is -0.281.